The SMILES string of the molecule is Cc1ccc(Sc2ccc(/C=C3/C(=N)N4N=C(C5CCCCC5)SC4=NC3=O)o2)cc1. The Morgan fingerprint density at radius 3 is 2.71 bits per heavy atom. The van der Waals surface area contributed by atoms with Gasteiger partial charge in [0.2, 0.25) is 5.17 Å². The van der Waals surface area contributed by atoms with Gasteiger partial charge >= 0.3 is 0 Å². The minimum Gasteiger partial charge on any atom is -0.450 e. The third kappa shape index (κ3) is 4.27. The first-order chi connectivity index (χ1) is 15.1. The second-order valence-corrected chi connectivity index (χ2v) is 9.93. The average molecular weight is 451 g/mol. The molecule has 1 amide bonds. The van der Waals surface area contributed by atoms with Crippen LogP contribution in [-0.2, 0) is 4.79 Å². The van der Waals surface area contributed by atoms with E-state index in [2.05, 4.69) is 29.2 Å². The van der Waals surface area contributed by atoms with Gasteiger partial charge in [-0.3, -0.25) is 10.2 Å². The summed E-state index contributed by atoms with van der Waals surface area (Å²) in [6.07, 6.45) is 7.51. The highest BCUT2D eigenvalue weighted by atomic mass is 32.2. The third-order valence-corrected chi connectivity index (χ3v) is 7.55. The number of thioether (sulfide) groups is 1. The molecule has 2 aromatic rings. The normalized spacial score (nSPS) is 20.8. The maximum absolute atomic E-state index is 12.6. The molecular weight excluding hydrogens is 428 g/mol. The number of aliphatic imine (C=N–C) groups is 1. The molecule has 2 aliphatic heterocycles. The van der Waals surface area contributed by atoms with Crippen molar-refractivity contribution >= 4 is 51.6 Å². The lowest BCUT2D eigenvalue weighted by Crippen LogP contribution is -2.35. The fourth-order valence-corrected chi connectivity index (χ4v) is 5.69. The molecule has 3 heterocycles. The van der Waals surface area contributed by atoms with Crippen molar-refractivity contribution in [3.8, 4) is 0 Å². The molecule has 0 radical (unpaired) electrons. The number of hydrogen-bond donors (Lipinski definition) is 1. The van der Waals surface area contributed by atoms with E-state index in [4.69, 9.17) is 9.83 Å². The smallest absolute Gasteiger partial charge is 0.283 e. The Balaban J connectivity index is 1.34. The summed E-state index contributed by atoms with van der Waals surface area (Å²) < 4.78 is 5.87. The van der Waals surface area contributed by atoms with Gasteiger partial charge in [0.05, 0.1) is 5.57 Å². The third-order valence-electron chi connectivity index (χ3n) is 5.55. The van der Waals surface area contributed by atoms with E-state index in [-0.39, 0.29) is 11.4 Å². The summed E-state index contributed by atoms with van der Waals surface area (Å²) in [5.41, 5.74) is 1.40. The monoisotopic (exact) mass is 450 g/mol. The van der Waals surface area contributed by atoms with E-state index in [9.17, 15) is 4.79 Å². The minimum atomic E-state index is -0.423. The van der Waals surface area contributed by atoms with Gasteiger partial charge in [0.25, 0.3) is 5.91 Å². The fraction of sp³-hybridized carbons (Fsp3) is 0.304. The summed E-state index contributed by atoms with van der Waals surface area (Å²) in [5.74, 6) is 0.559. The quantitative estimate of drug-likeness (QED) is 0.583. The van der Waals surface area contributed by atoms with E-state index >= 15 is 0 Å². The molecule has 158 valence electrons. The van der Waals surface area contributed by atoms with Crippen LogP contribution in [0.2, 0.25) is 0 Å². The number of fused-ring (bicyclic) bond motifs is 1. The van der Waals surface area contributed by atoms with Gasteiger partial charge in [0.1, 0.15) is 10.8 Å². The first-order valence-corrected chi connectivity index (χ1v) is 12.0. The minimum absolute atomic E-state index is 0.0532. The van der Waals surface area contributed by atoms with Gasteiger partial charge in [-0.25, -0.2) is 0 Å². The number of hydrogen-bond acceptors (Lipinski definition) is 6. The van der Waals surface area contributed by atoms with Gasteiger partial charge in [-0.05, 0) is 61.9 Å². The van der Waals surface area contributed by atoms with Crippen LogP contribution in [0, 0.1) is 18.3 Å². The Morgan fingerprint density at radius 1 is 1.16 bits per heavy atom. The lowest BCUT2D eigenvalue weighted by molar-refractivity contribution is -0.114. The summed E-state index contributed by atoms with van der Waals surface area (Å²) in [5, 5.41) is 16.9. The summed E-state index contributed by atoms with van der Waals surface area (Å²) in [6.45, 7) is 2.05. The molecule has 31 heavy (non-hydrogen) atoms. The van der Waals surface area contributed by atoms with Crippen molar-refractivity contribution in [1.29, 1.82) is 5.41 Å². The van der Waals surface area contributed by atoms with E-state index in [1.165, 1.54) is 53.4 Å². The number of rotatable bonds is 4. The highest BCUT2D eigenvalue weighted by molar-refractivity contribution is 8.27. The van der Waals surface area contributed by atoms with Crippen LogP contribution in [0.15, 0.2) is 66.5 Å². The topological polar surface area (TPSA) is 82.0 Å². The molecule has 6 nitrogen and oxygen atoms in total. The molecule has 0 bridgehead atoms. The van der Waals surface area contributed by atoms with Crippen molar-refractivity contribution < 1.29 is 9.21 Å². The largest absolute Gasteiger partial charge is 0.450 e. The molecular formula is C23H22N4O2S2. The molecule has 1 saturated carbocycles. The molecule has 0 atom stereocenters. The molecule has 1 aromatic heterocycles. The molecule has 1 fully saturated rings. The van der Waals surface area contributed by atoms with E-state index in [0.29, 0.717) is 16.8 Å². The van der Waals surface area contributed by atoms with Gasteiger partial charge in [0.15, 0.2) is 10.9 Å². The van der Waals surface area contributed by atoms with Crippen molar-refractivity contribution in [2.75, 3.05) is 0 Å². The van der Waals surface area contributed by atoms with Crippen molar-refractivity contribution in [1.82, 2.24) is 5.01 Å². The van der Waals surface area contributed by atoms with Crippen LogP contribution in [0.5, 0.6) is 0 Å². The number of amides is 1. The molecule has 1 aliphatic carbocycles. The number of carbonyl (C=O) groups excluding carboxylic acids is 1. The van der Waals surface area contributed by atoms with Gasteiger partial charge in [0, 0.05) is 10.8 Å². The first kappa shape index (κ1) is 20.3. The van der Waals surface area contributed by atoms with E-state index in [1.54, 1.807) is 12.1 Å². The zero-order valence-corrected chi connectivity index (χ0v) is 18.8. The predicted molar refractivity (Wildman–Crippen MR) is 126 cm³/mol. The van der Waals surface area contributed by atoms with Crippen LogP contribution in [0.1, 0.15) is 43.4 Å². The predicted octanol–water partition coefficient (Wildman–Crippen LogP) is 5.94. The van der Waals surface area contributed by atoms with Crippen LogP contribution < -0.4 is 0 Å². The molecule has 0 saturated heterocycles. The Morgan fingerprint density at radius 2 is 1.94 bits per heavy atom. The van der Waals surface area contributed by atoms with Gasteiger partial charge in [-0.2, -0.15) is 15.1 Å². The number of furan rings is 1. The van der Waals surface area contributed by atoms with Crippen molar-refractivity contribution in [3.63, 3.8) is 0 Å². The van der Waals surface area contributed by atoms with E-state index < -0.39 is 5.91 Å². The van der Waals surface area contributed by atoms with E-state index in [0.717, 1.165) is 27.9 Å². The Bertz CT molecular complexity index is 1120. The number of carbonyl (C=O) groups is 1. The van der Waals surface area contributed by atoms with Gasteiger partial charge < -0.3 is 4.42 Å². The molecule has 3 aliphatic rings. The van der Waals surface area contributed by atoms with Crippen LogP contribution in [-0.4, -0.2) is 27.0 Å². The molecule has 0 spiro atoms. The highest BCUT2D eigenvalue weighted by Gasteiger charge is 2.38. The van der Waals surface area contributed by atoms with Crippen LogP contribution in [0.3, 0.4) is 0 Å². The van der Waals surface area contributed by atoms with Crippen molar-refractivity contribution in [2.45, 2.75) is 49.0 Å². The first-order valence-electron chi connectivity index (χ1n) is 10.4. The standard InChI is InChI=1S/C23H22N4O2S2/c1-14-7-10-17(11-8-14)30-19-12-9-16(29-19)13-18-20(24)27-23(25-21(18)28)31-22(26-27)15-5-3-2-4-6-15/h7-13,15,24H,2-6H2,1H3/b18-13-,24-20?. The molecule has 1 aromatic carbocycles. The lowest BCUT2D eigenvalue weighted by Gasteiger charge is -2.20. The highest BCUT2D eigenvalue weighted by Crippen LogP contribution is 2.36. The summed E-state index contributed by atoms with van der Waals surface area (Å²) in [6, 6.07) is 11.9. The zero-order chi connectivity index (χ0) is 21.4. The second-order valence-electron chi connectivity index (χ2n) is 7.87. The number of nitrogens with zero attached hydrogens (tertiary/aromatic N) is 3. The van der Waals surface area contributed by atoms with Crippen molar-refractivity contribution in [2.24, 2.45) is 16.0 Å². The number of nitrogens with one attached hydrogen (secondary N) is 1. The summed E-state index contributed by atoms with van der Waals surface area (Å²) >= 11 is 2.95. The van der Waals surface area contributed by atoms with Crippen LogP contribution in [0.25, 0.3) is 6.08 Å². The Hall–Kier alpha value is -2.58. The van der Waals surface area contributed by atoms with E-state index in [1.807, 2.05) is 18.2 Å². The number of amidine groups is 2. The summed E-state index contributed by atoms with van der Waals surface area (Å²) in [7, 11) is 0. The number of hydrazone groups is 1. The van der Waals surface area contributed by atoms with Gasteiger partial charge in [-0.1, -0.05) is 48.7 Å². The maximum atomic E-state index is 12.6. The summed E-state index contributed by atoms with van der Waals surface area (Å²) in [4.78, 5) is 17.9. The fourth-order valence-electron chi connectivity index (χ4n) is 3.85. The number of aryl methyl sites for hydroxylation is 1. The van der Waals surface area contributed by atoms with Crippen LogP contribution >= 0.6 is 23.5 Å². The van der Waals surface area contributed by atoms with Gasteiger partial charge in [-0.15, -0.1) is 0 Å². The average Bonchev–Trinajstić information content (AvgIpc) is 3.40. The van der Waals surface area contributed by atoms with Crippen LogP contribution in [0.4, 0.5) is 0 Å². The number of benzene rings is 1. The zero-order valence-electron chi connectivity index (χ0n) is 17.1. The molecule has 0 unspecified atom stereocenters. The molecule has 5 rings (SSSR count). The molecule has 1 N–H and O–H groups in total. The molecule has 8 heteroatoms. The Labute approximate surface area is 189 Å². The lowest BCUT2D eigenvalue weighted by atomic mass is 9.90. The Kier molecular flexibility index (Phi) is 5.58. The second kappa shape index (κ2) is 8.51. The maximum Gasteiger partial charge on any atom is 0.283 e. The van der Waals surface area contributed by atoms with Crippen molar-refractivity contribution in [3.05, 3.63) is 53.3 Å².